The monoisotopic (exact) mass is 274 g/mol. The number of nitrogens with one attached hydrogen (secondary N) is 1. The Kier molecular flexibility index (Phi) is 9.11. The Balaban J connectivity index is 2.16. The van der Waals surface area contributed by atoms with Crippen LogP contribution in [-0.2, 0) is 4.74 Å². The second kappa shape index (κ2) is 10.1. The molecule has 0 aromatic heterocycles. The van der Waals surface area contributed by atoms with Gasteiger partial charge in [-0.2, -0.15) is 11.8 Å². The molecule has 0 bridgehead atoms. The summed E-state index contributed by atoms with van der Waals surface area (Å²) in [6, 6.07) is 0.638. The van der Waals surface area contributed by atoms with Gasteiger partial charge in [0.2, 0.25) is 0 Å². The molecule has 1 saturated heterocycles. The molecule has 2 unspecified atom stereocenters. The second-order valence-electron chi connectivity index (χ2n) is 4.89. The van der Waals surface area contributed by atoms with Gasteiger partial charge in [-0.15, -0.1) is 0 Å². The van der Waals surface area contributed by atoms with Gasteiger partial charge in [-0.3, -0.25) is 0 Å². The molecule has 0 amide bonds. The van der Waals surface area contributed by atoms with Crippen molar-refractivity contribution in [3.8, 4) is 0 Å². The van der Waals surface area contributed by atoms with Crippen molar-refractivity contribution >= 4 is 11.8 Å². The van der Waals surface area contributed by atoms with E-state index < -0.39 is 0 Å². The van der Waals surface area contributed by atoms with Gasteiger partial charge in [0.25, 0.3) is 0 Å². The summed E-state index contributed by atoms with van der Waals surface area (Å²) < 4.78 is 5.51. The summed E-state index contributed by atoms with van der Waals surface area (Å²) in [5, 5.41) is 3.63. The quantitative estimate of drug-likeness (QED) is 0.617. The summed E-state index contributed by atoms with van der Waals surface area (Å²) in [4.78, 5) is 2.49. The topological polar surface area (TPSA) is 24.5 Å². The zero-order valence-electron chi connectivity index (χ0n) is 12.3. The Morgan fingerprint density at radius 3 is 2.67 bits per heavy atom. The predicted octanol–water partition coefficient (Wildman–Crippen LogP) is 2.08. The van der Waals surface area contributed by atoms with Crippen LogP contribution in [0.3, 0.4) is 0 Å². The van der Waals surface area contributed by atoms with Crippen LogP contribution in [0.1, 0.15) is 27.2 Å². The standard InChI is InChI=1S/C14H30N2OS/c1-4-15-14(13-7-9-17-11-13)12-18-10-8-16(5-2)6-3/h13-15H,4-12H2,1-3H3. The molecule has 3 nitrogen and oxygen atoms in total. The maximum absolute atomic E-state index is 5.51. The van der Waals surface area contributed by atoms with Gasteiger partial charge < -0.3 is 15.0 Å². The van der Waals surface area contributed by atoms with E-state index in [2.05, 4.69) is 42.7 Å². The van der Waals surface area contributed by atoms with Crippen LogP contribution in [0.5, 0.6) is 0 Å². The molecular weight excluding hydrogens is 244 g/mol. The summed E-state index contributed by atoms with van der Waals surface area (Å²) in [6.45, 7) is 13.2. The molecule has 0 radical (unpaired) electrons. The summed E-state index contributed by atoms with van der Waals surface area (Å²) in [5.41, 5.74) is 0. The zero-order chi connectivity index (χ0) is 13.2. The van der Waals surface area contributed by atoms with E-state index in [-0.39, 0.29) is 0 Å². The molecule has 18 heavy (non-hydrogen) atoms. The first-order valence-electron chi connectivity index (χ1n) is 7.43. The average Bonchev–Trinajstić information content (AvgIpc) is 2.91. The van der Waals surface area contributed by atoms with Gasteiger partial charge in [0.1, 0.15) is 0 Å². The van der Waals surface area contributed by atoms with E-state index in [9.17, 15) is 0 Å². The lowest BCUT2D eigenvalue weighted by molar-refractivity contribution is 0.179. The Morgan fingerprint density at radius 2 is 2.11 bits per heavy atom. The molecule has 1 heterocycles. The summed E-state index contributed by atoms with van der Waals surface area (Å²) in [6.07, 6.45) is 1.23. The molecule has 2 atom stereocenters. The molecule has 1 fully saturated rings. The normalized spacial score (nSPS) is 21.7. The maximum atomic E-state index is 5.51. The van der Waals surface area contributed by atoms with Crippen LogP contribution in [-0.4, -0.2) is 61.8 Å². The van der Waals surface area contributed by atoms with Crippen LogP contribution >= 0.6 is 11.8 Å². The molecule has 1 N–H and O–H groups in total. The van der Waals surface area contributed by atoms with Gasteiger partial charge in [-0.25, -0.2) is 0 Å². The fourth-order valence-corrected chi connectivity index (χ4v) is 3.64. The Labute approximate surface area is 117 Å². The molecule has 0 saturated carbocycles. The fraction of sp³-hybridized carbons (Fsp3) is 1.00. The van der Waals surface area contributed by atoms with E-state index in [1.807, 2.05) is 0 Å². The molecule has 1 aliphatic heterocycles. The lowest BCUT2D eigenvalue weighted by Gasteiger charge is -2.24. The van der Waals surface area contributed by atoms with E-state index in [0.717, 1.165) is 25.7 Å². The first-order chi connectivity index (χ1) is 8.81. The minimum atomic E-state index is 0.638. The van der Waals surface area contributed by atoms with Crippen LogP contribution in [0.4, 0.5) is 0 Å². The predicted molar refractivity (Wildman–Crippen MR) is 81.5 cm³/mol. The second-order valence-corrected chi connectivity index (χ2v) is 6.04. The van der Waals surface area contributed by atoms with Crippen LogP contribution in [0, 0.1) is 5.92 Å². The summed E-state index contributed by atoms with van der Waals surface area (Å²) in [7, 11) is 0. The van der Waals surface area contributed by atoms with Gasteiger partial charge in [0.15, 0.2) is 0 Å². The number of thioether (sulfide) groups is 1. The molecular formula is C14H30N2OS. The van der Waals surface area contributed by atoms with E-state index in [1.165, 1.54) is 37.6 Å². The Bertz CT molecular complexity index is 194. The van der Waals surface area contributed by atoms with E-state index in [4.69, 9.17) is 4.74 Å². The first kappa shape index (κ1) is 16.3. The maximum Gasteiger partial charge on any atom is 0.0510 e. The fourth-order valence-electron chi connectivity index (χ4n) is 2.44. The lowest BCUT2D eigenvalue weighted by Crippen LogP contribution is -2.39. The highest BCUT2D eigenvalue weighted by molar-refractivity contribution is 7.99. The van der Waals surface area contributed by atoms with Gasteiger partial charge in [0, 0.05) is 36.6 Å². The van der Waals surface area contributed by atoms with E-state index >= 15 is 0 Å². The van der Waals surface area contributed by atoms with Gasteiger partial charge >= 0.3 is 0 Å². The van der Waals surface area contributed by atoms with Crippen LogP contribution < -0.4 is 5.32 Å². The highest BCUT2D eigenvalue weighted by Crippen LogP contribution is 2.20. The minimum Gasteiger partial charge on any atom is -0.381 e. The number of rotatable bonds is 10. The van der Waals surface area contributed by atoms with Crippen molar-refractivity contribution in [3.63, 3.8) is 0 Å². The summed E-state index contributed by atoms with van der Waals surface area (Å²) in [5.74, 6) is 3.20. The van der Waals surface area contributed by atoms with Crippen LogP contribution in [0.25, 0.3) is 0 Å². The molecule has 0 spiro atoms. The number of ether oxygens (including phenoxy) is 1. The summed E-state index contributed by atoms with van der Waals surface area (Å²) >= 11 is 2.09. The smallest absolute Gasteiger partial charge is 0.0510 e. The first-order valence-corrected chi connectivity index (χ1v) is 8.58. The molecule has 0 aromatic carbocycles. The van der Waals surface area contributed by atoms with Crippen molar-refractivity contribution in [3.05, 3.63) is 0 Å². The number of hydrogen-bond acceptors (Lipinski definition) is 4. The lowest BCUT2D eigenvalue weighted by atomic mass is 10.0. The Morgan fingerprint density at radius 1 is 1.33 bits per heavy atom. The van der Waals surface area contributed by atoms with Crippen molar-refractivity contribution in [1.82, 2.24) is 10.2 Å². The third-order valence-electron chi connectivity index (χ3n) is 3.74. The third-order valence-corrected chi connectivity index (χ3v) is 4.81. The van der Waals surface area contributed by atoms with Gasteiger partial charge in [-0.1, -0.05) is 20.8 Å². The Hall–Kier alpha value is 0.230. The van der Waals surface area contributed by atoms with Gasteiger partial charge in [0.05, 0.1) is 6.61 Å². The SMILES string of the molecule is CCNC(CSCCN(CC)CC)C1CCOC1. The van der Waals surface area contributed by atoms with Crippen molar-refractivity contribution in [2.24, 2.45) is 5.92 Å². The van der Waals surface area contributed by atoms with Crippen molar-refractivity contribution in [2.45, 2.75) is 33.2 Å². The molecule has 0 aromatic rings. The molecule has 1 rings (SSSR count). The number of hydrogen-bond donors (Lipinski definition) is 1. The van der Waals surface area contributed by atoms with E-state index in [0.29, 0.717) is 6.04 Å². The molecule has 108 valence electrons. The van der Waals surface area contributed by atoms with Crippen LogP contribution in [0.15, 0.2) is 0 Å². The van der Waals surface area contributed by atoms with Crippen molar-refractivity contribution in [1.29, 1.82) is 0 Å². The molecule has 1 aliphatic rings. The van der Waals surface area contributed by atoms with Crippen molar-refractivity contribution < 1.29 is 4.74 Å². The van der Waals surface area contributed by atoms with Crippen LogP contribution in [0.2, 0.25) is 0 Å². The zero-order valence-corrected chi connectivity index (χ0v) is 13.1. The molecule has 0 aliphatic carbocycles. The average molecular weight is 274 g/mol. The highest BCUT2D eigenvalue weighted by Gasteiger charge is 2.24. The highest BCUT2D eigenvalue weighted by atomic mass is 32.2. The minimum absolute atomic E-state index is 0.638. The molecule has 4 heteroatoms. The third kappa shape index (κ3) is 5.91. The number of nitrogens with zero attached hydrogens (tertiary/aromatic N) is 1. The van der Waals surface area contributed by atoms with Crippen molar-refractivity contribution in [2.75, 3.05) is 50.9 Å². The van der Waals surface area contributed by atoms with Gasteiger partial charge in [-0.05, 0) is 26.1 Å². The van der Waals surface area contributed by atoms with E-state index in [1.54, 1.807) is 0 Å². The largest absolute Gasteiger partial charge is 0.381 e.